The summed E-state index contributed by atoms with van der Waals surface area (Å²) in [7, 11) is 0. The Morgan fingerprint density at radius 1 is 1.45 bits per heavy atom. The van der Waals surface area contributed by atoms with Crippen molar-refractivity contribution in [1.82, 2.24) is 10.2 Å². The summed E-state index contributed by atoms with van der Waals surface area (Å²) in [6.07, 6.45) is 2.15. The Kier molecular flexibility index (Phi) is 5.41. The van der Waals surface area contributed by atoms with Crippen LogP contribution in [0.25, 0.3) is 0 Å². The molecule has 2 aliphatic heterocycles. The van der Waals surface area contributed by atoms with Crippen LogP contribution in [-0.4, -0.2) is 60.9 Å². The normalized spacial score (nSPS) is 26.9. The van der Waals surface area contributed by atoms with Gasteiger partial charge in [0.05, 0.1) is 11.5 Å². The van der Waals surface area contributed by atoms with E-state index in [1.54, 1.807) is 0 Å². The SMILES string of the molecule is CC(C)CN1CCC(C(=O)NCC2(O)CCOCC2)C1. The van der Waals surface area contributed by atoms with Crippen molar-refractivity contribution < 1.29 is 14.6 Å². The molecule has 2 aliphatic rings. The average molecular weight is 284 g/mol. The Morgan fingerprint density at radius 3 is 2.80 bits per heavy atom. The zero-order valence-corrected chi connectivity index (χ0v) is 12.7. The number of likely N-dealkylation sites (tertiary alicyclic amines) is 1. The molecule has 1 amide bonds. The average Bonchev–Trinajstić information content (AvgIpc) is 2.85. The zero-order chi connectivity index (χ0) is 14.6. The fraction of sp³-hybridized carbons (Fsp3) is 0.933. The summed E-state index contributed by atoms with van der Waals surface area (Å²) < 4.78 is 5.24. The van der Waals surface area contributed by atoms with Crippen LogP contribution in [0.3, 0.4) is 0 Å². The highest BCUT2D eigenvalue weighted by Crippen LogP contribution is 2.21. The Morgan fingerprint density at radius 2 is 2.15 bits per heavy atom. The molecule has 116 valence electrons. The fourth-order valence-corrected chi connectivity index (χ4v) is 3.05. The molecule has 0 spiro atoms. The lowest BCUT2D eigenvalue weighted by molar-refractivity contribution is -0.127. The van der Waals surface area contributed by atoms with Gasteiger partial charge in [-0.1, -0.05) is 13.8 Å². The summed E-state index contributed by atoms with van der Waals surface area (Å²) in [6.45, 7) is 8.85. The van der Waals surface area contributed by atoms with Crippen LogP contribution < -0.4 is 5.32 Å². The van der Waals surface area contributed by atoms with Gasteiger partial charge in [0, 0.05) is 45.7 Å². The third kappa shape index (κ3) is 4.43. The van der Waals surface area contributed by atoms with Gasteiger partial charge in [-0.15, -0.1) is 0 Å². The van der Waals surface area contributed by atoms with Crippen LogP contribution in [0.4, 0.5) is 0 Å². The van der Waals surface area contributed by atoms with Crippen molar-refractivity contribution in [2.45, 2.75) is 38.7 Å². The molecule has 0 saturated carbocycles. The van der Waals surface area contributed by atoms with Crippen LogP contribution in [0.1, 0.15) is 33.1 Å². The molecule has 2 fully saturated rings. The van der Waals surface area contributed by atoms with Crippen molar-refractivity contribution in [3.63, 3.8) is 0 Å². The summed E-state index contributed by atoms with van der Waals surface area (Å²) >= 11 is 0. The van der Waals surface area contributed by atoms with E-state index in [4.69, 9.17) is 4.74 Å². The van der Waals surface area contributed by atoms with Crippen molar-refractivity contribution in [1.29, 1.82) is 0 Å². The highest BCUT2D eigenvalue weighted by Gasteiger charge is 2.33. The Bertz CT molecular complexity index is 327. The molecule has 0 aromatic carbocycles. The third-order valence-electron chi connectivity index (χ3n) is 4.28. The second-order valence-electron chi connectivity index (χ2n) is 6.69. The van der Waals surface area contributed by atoms with E-state index in [9.17, 15) is 9.90 Å². The molecule has 0 radical (unpaired) electrons. The van der Waals surface area contributed by atoms with Crippen molar-refractivity contribution in [2.75, 3.05) is 39.4 Å². The number of carbonyl (C=O) groups excluding carboxylic acids is 1. The minimum absolute atomic E-state index is 0.0807. The van der Waals surface area contributed by atoms with Gasteiger partial charge < -0.3 is 20.1 Å². The monoisotopic (exact) mass is 284 g/mol. The maximum absolute atomic E-state index is 12.2. The van der Waals surface area contributed by atoms with Gasteiger partial charge in [0.2, 0.25) is 5.91 Å². The molecule has 2 saturated heterocycles. The first kappa shape index (κ1) is 15.7. The van der Waals surface area contributed by atoms with Gasteiger partial charge in [0.25, 0.3) is 0 Å². The van der Waals surface area contributed by atoms with Gasteiger partial charge in [0.1, 0.15) is 0 Å². The first-order valence-corrected chi connectivity index (χ1v) is 7.79. The molecule has 0 bridgehead atoms. The Labute approximate surface area is 121 Å². The molecule has 2 rings (SSSR count). The molecule has 0 aromatic heterocycles. The van der Waals surface area contributed by atoms with Gasteiger partial charge >= 0.3 is 0 Å². The summed E-state index contributed by atoms with van der Waals surface area (Å²) in [4.78, 5) is 14.5. The lowest BCUT2D eigenvalue weighted by atomic mass is 9.94. The molecule has 2 N–H and O–H groups in total. The lowest BCUT2D eigenvalue weighted by Gasteiger charge is -2.32. The molecule has 0 aromatic rings. The molecule has 2 heterocycles. The number of hydrogen-bond donors (Lipinski definition) is 2. The number of amides is 1. The standard InChI is InChI=1S/C15H28N2O3/c1-12(2)9-17-6-3-13(10-17)14(18)16-11-15(19)4-7-20-8-5-15/h12-13,19H,3-11H2,1-2H3,(H,16,18). The van der Waals surface area contributed by atoms with E-state index in [1.807, 2.05) is 0 Å². The Balaban J connectivity index is 1.72. The highest BCUT2D eigenvalue weighted by molar-refractivity contribution is 5.79. The van der Waals surface area contributed by atoms with Gasteiger partial charge in [0.15, 0.2) is 0 Å². The number of carbonyl (C=O) groups is 1. The minimum Gasteiger partial charge on any atom is -0.388 e. The van der Waals surface area contributed by atoms with Gasteiger partial charge in [-0.25, -0.2) is 0 Å². The van der Waals surface area contributed by atoms with Gasteiger partial charge in [-0.2, -0.15) is 0 Å². The van der Waals surface area contributed by atoms with Crippen LogP contribution in [0.5, 0.6) is 0 Å². The molecule has 1 atom stereocenters. The molecule has 1 unspecified atom stereocenters. The zero-order valence-electron chi connectivity index (χ0n) is 12.7. The molecular formula is C15H28N2O3. The van der Waals surface area contributed by atoms with Crippen molar-refractivity contribution in [2.24, 2.45) is 11.8 Å². The number of rotatable bonds is 5. The van der Waals surface area contributed by atoms with Crippen LogP contribution in [-0.2, 0) is 9.53 Å². The predicted molar refractivity (Wildman–Crippen MR) is 77.4 cm³/mol. The van der Waals surface area contributed by atoms with Crippen LogP contribution in [0.2, 0.25) is 0 Å². The van der Waals surface area contributed by atoms with E-state index in [0.29, 0.717) is 38.5 Å². The molecule has 5 heteroatoms. The first-order valence-electron chi connectivity index (χ1n) is 7.79. The molecule has 0 aliphatic carbocycles. The second kappa shape index (κ2) is 6.87. The fourth-order valence-electron chi connectivity index (χ4n) is 3.05. The number of aliphatic hydroxyl groups is 1. The van der Waals surface area contributed by atoms with E-state index < -0.39 is 5.60 Å². The topological polar surface area (TPSA) is 61.8 Å². The minimum atomic E-state index is -0.774. The van der Waals surface area contributed by atoms with Crippen molar-refractivity contribution >= 4 is 5.91 Å². The summed E-state index contributed by atoms with van der Waals surface area (Å²) in [5.41, 5.74) is -0.774. The van der Waals surface area contributed by atoms with Crippen LogP contribution >= 0.6 is 0 Å². The van der Waals surface area contributed by atoms with E-state index >= 15 is 0 Å². The summed E-state index contributed by atoms with van der Waals surface area (Å²) in [6, 6.07) is 0. The van der Waals surface area contributed by atoms with Crippen molar-refractivity contribution in [3.8, 4) is 0 Å². The summed E-state index contributed by atoms with van der Waals surface area (Å²) in [5, 5.41) is 13.3. The quantitative estimate of drug-likeness (QED) is 0.777. The van der Waals surface area contributed by atoms with E-state index in [-0.39, 0.29) is 11.8 Å². The van der Waals surface area contributed by atoms with Gasteiger partial charge in [-0.05, 0) is 18.9 Å². The van der Waals surface area contributed by atoms with E-state index in [1.165, 1.54) is 0 Å². The number of nitrogens with zero attached hydrogens (tertiary/aromatic N) is 1. The number of nitrogens with one attached hydrogen (secondary N) is 1. The van der Waals surface area contributed by atoms with Gasteiger partial charge in [-0.3, -0.25) is 4.79 Å². The first-order chi connectivity index (χ1) is 9.48. The predicted octanol–water partition coefficient (Wildman–Crippen LogP) is 0.622. The van der Waals surface area contributed by atoms with Crippen LogP contribution in [0, 0.1) is 11.8 Å². The number of hydrogen-bond acceptors (Lipinski definition) is 4. The third-order valence-corrected chi connectivity index (χ3v) is 4.28. The van der Waals surface area contributed by atoms with E-state index in [2.05, 4.69) is 24.1 Å². The lowest BCUT2D eigenvalue weighted by Crippen LogP contribution is -2.48. The molecular weight excluding hydrogens is 256 g/mol. The highest BCUT2D eigenvalue weighted by atomic mass is 16.5. The summed E-state index contributed by atoms with van der Waals surface area (Å²) in [5.74, 6) is 0.813. The van der Waals surface area contributed by atoms with Crippen molar-refractivity contribution in [3.05, 3.63) is 0 Å². The maximum atomic E-state index is 12.2. The largest absolute Gasteiger partial charge is 0.388 e. The van der Waals surface area contributed by atoms with E-state index in [0.717, 1.165) is 26.1 Å². The maximum Gasteiger partial charge on any atom is 0.224 e. The second-order valence-corrected chi connectivity index (χ2v) is 6.69. The van der Waals surface area contributed by atoms with Crippen LogP contribution in [0.15, 0.2) is 0 Å². The number of ether oxygens (including phenoxy) is 1. The smallest absolute Gasteiger partial charge is 0.224 e. The molecule has 5 nitrogen and oxygen atoms in total. The Hall–Kier alpha value is -0.650. The molecule has 20 heavy (non-hydrogen) atoms.